The van der Waals surface area contributed by atoms with Gasteiger partial charge in [-0.3, -0.25) is 9.59 Å². The number of hydrogen-bond donors (Lipinski definition) is 0. The lowest BCUT2D eigenvalue weighted by Crippen LogP contribution is -2.26. The highest BCUT2D eigenvalue weighted by atomic mass is 16.5. The van der Waals surface area contributed by atoms with Crippen LogP contribution in [0.1, 0.15) is 32.3 Å². The molecule has 0 saturated heterocycles. The molecule has 0 unspecified atom stereocenters. The summed E-state index contributed by atoms with van der Waals surface area (Å²) in [5.41, 5.74) is 1.02. The molecule has 0 heterocycles. The molecule has 0 atom stereocenters. The zero-order valence-electron chi connectivity index (χ0n) is 12.9. The Balaban J connectivity index is 2.42. The lowest BCUT2D eigenvalue weighted by molar-refractivity contribution is -0.145. The highest BCUT2D eigenvalue weighted by molar-refractivity contribution is 5.81. The van der Waals surface area contributed by atoms with E-state index in [1.165, 1.54) is 0 Å². The van der Waals surface area contributed by atoms with Crippen LogP contribution < -0.4 is 4.74 Å². The zero-order valence-corrected chi connectivity index (χ0v) is 12.9. The van der Waals surface area contributed by atoms with Crippen LogP contribution in [0.25, 0.3) is 0 Å². The van der Waals surface area contributed by atoms with E-state index in [0.717, 1.165) is 11.3 Å². The SMILES string of the molecule is CCOC(=O)CCC(=O)N(C)Cc1ccc(OCC)cc1. The Morgan fingerprint density at radius 3 is 2.29 bits per heavy atom. The molecule has 1 rings (SSSR count). The van der Waals surface area contributed by atoms with Gasteiger partial charge in [0, 0.05) is 20.0 Å². The summed E-state index contributed by atoms with van der Waals surface area (Å²) in [6, 6.07) is 7.63. The molecule has 116 valence electrons. The minimum absolute atomic E-state index is 0.0723. The summed E-state index contributed by atoms with van der Waals surface area (Å²) in [5, 5.41) is 0. The van der Waals surface area contributed by atoms with Gasteiger partial charge in [-0.05, 0) is 31.5 Å². The molecular weight excluding hydrogens is 270 g/mol. The molecule has 0 spiro atoms. The summed E-state index contributed by atoms with van der Waals surface area (Å²) in [6.45, 7) is 5.16. The molecule has 0 aliphatic rings. The Morgan fingerprint density at radius 1 is 1.05 bits per heavy atom. The third kappa shape index (κ3) is 6.29. The van der Waals surface area contributed by atoms with Gasteiger partial charge >= 0.3 is 5.97 Å². The second-order valence-corrected chi connectivity index (χ2v) is 4.63. The first-order valence-corrected chi connectivity index (χ1v) is 7.18. The predicted molar refractivity (Wildman–Crippen MR) is 80.0 cm³/mol. The molecule has 0 aliphatic carbocycles. The number of amides is 1. The number of carbonyl (C=O) groups is 2. The Hall–Kier alpha value is -2.04. The van der Waals surface area contributed by atoms with Gasteiger partial charge in [0.1, 0.15) is 5.75 Å². The average Bonchev–Trinajstić information content (AvgIpc) is 2.47. The van der Waals surface area contributed by atoms with E-state index in [1.807, 2.05) is 31.2 Å². The summed E-state index contributed by atoms with van der Waals surface area (Å²) in [4.78, 5) is 24.7. The van der Waals surface area contributed by atoms with Crippen LogP contribution in [0.4, 0.5) is 0 Å². The Kier molecular flexibility index (Phi) is 7.29. The minimum Gasteiger partial charge on any atom is -0.494 e. The highest BCUT2D eigenvalue weighted by Crippen LogP contribution is 2.13. The molecule has 1 aromatic rings. The summed E-state index contributed by atoms with van der Waals surface area (Å²) in [6.07, 6.45) is 0.298. The molecule has 21 heavy (non-hydrogen) atoms. The molecule has 0 radical (unpaired) electrons. The fourth-order valence-electron chi connectivity index (χ4n) is 1.85. The molecule has 0 fully saturated rings. The van der Waals surface area contributed by atoms with Gasteiger partial charge < -0.3 is 14.4 Å². The van der Waals surface area contributed by atoms with Crippen molar-refractivity contribution in [1.82, 2.24) is 4.90 Å². The fraction of sp³-hybridized carbons (Fsp3) is 0.500. The van der Waals surface area contributed by atoms with Crippen molar-refractivity contribution in [3.05, 3.63) is 29.8 Å². The van der Waals surface area contributed by atoms with Gasteiger partial charge in [0.15, 0.2) is 0 Å². The van der Waals surface area contributed by atoms with Crippen LogP contribution in [-0.4, -0.2) is 37.0 Å². The molecule has 0 aliphatic heterocycles. The standard InChI is InChI=1S/C16H23NO4/c1-4-20-14-8-6-13(7-9-14)12-17(3)15(18)10-11-16(19)21-5-2/h6-9H,4-5,10-12H2,1-3H3. The maximum Gasteiger partial charge on any atom is 0.306 e. The first-order chi connectivity index (χ1) is 10.1. The highest BCUT2D eigenvalue weighted by Gasteiger charge is 2.12. The number of rotatable bonds is 8. The van der Waals surface area contributed by atoms with Crippen molar-refractivity contribution in [3.8, 4) is 5.75 Å². The molecule has 5 heteroatoms. The smallest absolute Gasteiger partial charge is 0.306 e. The Morgan fingerprint density at radius 2 is 1.71 bits per heavy atom. The first-order valence-electron chi connectivity index (χ1n) is 7.18. The van der Waals surface area contributed by atoms with Gasteiger partial charge in [-0.1, -0.05) is 12.1 Å². The number of esters is 1. The third-order valence-corrected chi connectivity index (χ3v) is 2.93. The topological polar surface area (TPSA) is 55.8 Å². The quantitative estimate of drug-likeness (QED) is 0.691. The van der Waals surface area contributed by atoms with Gasteiger partial charge in [0.2, 0.25) is 5.91 Å². The van der Waals surface area contributed by atoms with Gasteiger partial charge in [0.25, 0.3) is 0 Å². The van der Waals surface area contributed by atoms with Gasteiger partial charge in [-0.25, -0.2) is 0 Å². The van der Waals surface area contributed by atoms with Gasteiger partial charge in [0.05, 0.1) is 19.6 Å². The molecule has 1 aromatic carbocycles. The number of hydrogen-bond acceptors (Lipinski definition) is 4. The second kappa shape index (κ2) is 9.00. The molecule has 5 nitrogen and oxygen atoms in total. The fourth-order valence-corrected chi connectivity index (χ4v) is 1.85. The van der Waals surface area contributed by atoms with Crippen molar-refractivity contribution < 1.29 is 19.1 Å². The monoisotopic (exact) mass is 293 g/mol. The summed E-state index contributed by atoms with van der Waals surface area (Å²) in [7, 11) is 1.73. The van der Waals surface area contributed by atoms with Crippen LogP contribution in [0.3, 0.4) is 0 Å². The number of nitrogens with zero attached hydrogens (tertiary/aromatic N) is 1. The largest absolute Gasteiger partial charge is 0.494 e. The van der Waals surface area contributed by atoms with Crippen LogP contribution in [0.5, 0.6) is 5.75 Å². The van der Waals surface area contributed by atoms with E-state index in [-0.39, 0.29) is 24.7 Å². The van der Waals surface area contributed by atoms with Crippen molar-refractivity contribution in [2.75, 3.05) is 20.3 Å². The Labute approximate surface area is 125 Å². The van der Waals surface area contributed by atoms with Crippen LogP contribution >= 0.6 is 0 Å². The lowest BCUT2D eigenvalue weighted by atomic mass is 10.2. The third-order valence-electron chi connectivity index (χ3n) is 2.93. The lowest BCUT2D eigenvalue weighted by Gasteiger charge is -2.17. The van der Waals surface area contributed by atoms with Crippen LogP contribution in [0.15, 0.2) is 24.3 Å². The van der Waals surface area contributed by atoms with E-state index in [9.17, 15) is 9.59 Å². The van der Waals surface area contributed by atoms with Crippen LogP contribution in [0.2, 0.25) is 0 Å². The number of benzene rings is 1. The van der Waals surface area contributed by atoms with Gasteiger partial charge in [-0.2, -0.15) is 0 Å². The molecular formula is C16H23NO4. The molecule has 0 saturated carbocycles. The summed E-state index contributed by atoms with van der Waals surface area (Å²) in [5.74, 6) is 0.412. The number of carbonyl (C=O) groups excluding carboxylic acids is 2. The van der Waals surface area contributed by atoms with Crippen molar-refractivity contribution >= 4 is 11.9 Å². The predicted octanol–water partition coefficient (Wildman–Crippen LogP) is 2.39. The van der Waals surface area contributed by atoms with Gasteiger partial charge in [-0.15, -0.1) is 0 Å². The van der Waals surface area contributed by atoms with Crippen molar-refractivity contribution in [1.29, 1.82) is 0 Å². The maximum atomic E-state index is 11.9. The van der Waals surface area contributed by atoms with Crippen LogP contribution in [0, 0.1) is 0 Å². The molecule has 1 amide bonds. The van der Waals surface area contributed by atoms with E-state index >= 15 is 0 Å². The van der Waals surface area contributed by atoms with E-state index in [4.69, 9.17) is 9.47 Å². The molecule has 0 N–H and O–H groups in total. The maximum absolute atomic E-state index is 11.9. The van der Waals surface area contributed by atoms with E-state index in [2.05, 4.69) is 0 Å². The zero-order chi connectivity index (χ0) is 15.7. The number of ether oxygens (including phenoxy) is 2. The summed E-state index contributed by atoms with van der Waals surface area (Å²) < 4.78 is 10.2. The van der Waals surface area contributed by atoms with Crippen molar-refractivity contribution in [2.45, 2.75) is 33.2 Å². The minimum atomic E-state index is -0.333. The van der Waals surface area contributed by atoms with Crippen LogP contribution in [-0.2, 0) is 20.9 Å². The first kappa shape index (κ1) is 17.0. The Bertz CT molecular complexity index is 456. The molecule has 0 bridgehead atoms. The second-order valence-electron chi connectivity index (χ2n) is 4.63. The van der Waals surface area contributed by atoms with Crippen molar-refractivity contribution in [2.24, 2.45) is 0 Å². The van der Waals surface area contributed by atoms with E-state index < -0.39 is 0 Å². The van der Waals surface area contributed by atoms with E-state index in [1.54, 1.807) is 18.9 Å². The van der Waals surface area contributed by atoms with Crippen molar-refractivity contribution in [3.63, 3.8) is 0 Å². The summed E-state index contributed by atoms with van der Waals surface area (Å²) >= 11 is 0. The van der Waals surface area contributed by atoms with E-state index in [0.29, 0.717) is 19.8 Å². The average molecular weight is 293 g/mol. The normalized spacial score (nSPS) is 10.0. The molecule has 0 aromatic heterocycles.